The van der Waals surface area contributed by atoms with Gasteiger partial charge in [0.1, 0.15) is 6.23 Å². The van der Waals surface area contributed by atoms with E-state index in [9.17, 15) is 19.5 Å². The van der Waals surface area contributed by atoms with Crippen molar-refractivity contribution in [1.82, 2.24) is 14.9 Å². The van der Waals surface area contributed by atoms with Crippen LogP contribution in [0.25, 0.3) is 0 Å². The van der Waals surface area contributed by atoms with Crippen LogP contribution in [0.4, 0.5) is 0 Å². The molecule has 1 amide bonds. The van der Waals surface area contributed by atoms with Crippen LogP contribution in [-0.4, -0.2) is 38.3 Å². The summed E-state index contributed by atoms with van der Waals surface area (Å²) in [4.78, 5) is 37.4. The van der Waals surface area contributed by atoms with Crippen molar-refractivity contribution in [3.05, 3.63) is 32.6 Å². The average molecular weight is 325 g/mol. The molecule has 0 bridgehead atoms. The monoisotopic (exact) mass is 325 g/mol. The van der Waals surface area contributed by atoms with Gasteiger partial charge in [-0.25, -0.2) is 4.79 Å². The molecular weight excluding hydrogens is 302 g/mol. The lowest BCUT2D eigenvalue weighted by atomic mass is 10.1. The van der Waals surface area contributed by atoms with Crippen molar-refractivity contribution in [1.29, 1.82) is 0 Å². The second-order valence-corrected chi connectivity index (χ2v) is 6.91. The first kappa shape index (κ1) is 17.4. The minimum Gasteiger partial charge on any atom is -0.390 e. The van der Waals surface area contributed by atoms with Crippen molar-refractivity contribution in [3.63, 3.8) is 0 Å². The molecule has 0 radical (unpaired) electrons. The number of aliphatic hydroxyl groups is 1. The molecule has 8 heteroatoms. The van der Waals surface area contributed by atoms with Crippen molar-refractivity contribution in [3.8, 4) is 0 Å². The summed E-state index contributed by atoms with van der Waals surface area (Å²) < 4.78 is 6.89. The van der Waals surface area contributed by atoms with Gasteiger partial charge in [0.05, 0.1) is 18.6 Å². The normalized spacial score (nSPS) is 24.7. The van der Waals surface area contributed by atoms with E-state index in [0.717, 1.165) is 0 Å². The highest BCUT2D eigenvalue weighted by atomic mass is 16.5. The molecule has 1 aliphatic rings. The molecule has 0 aliphatic carbocycles. The fourth-order valence-electron chi connectivity index (χ4n) is 2.52. The Morgan fingerprint density at radius 1 is 1.48 bits per heavy atom. The van der Waals surface area contributed by atoms with Crippen LogP contribution in [0.2, 0.25) is 0 Å². The number of aromatic amines is 1. The van der Waals surface area contributed by atoms with Gasteiger partial charge in [-0.1, -0.05) is 0 Å². The van der Waals surface area contributed by atoms with Crippen LogP contribution < -0.4 is 16.6 Å². The quantitative estimate of drug-likeness (QED) is 0.712. The van der Waals surface area contributed by atoms with Crippen LogP contribution in [-0.2, 0) is 9.53 Å². The van der Waals surface area contributed by atoms with E-state index in [2.05, 4.69) is 10.3 Å². The largest absolute Gasteiger partial charge is 0.390 e. The van der Waals surface area contributed by atoms with E-state index in [0.29, 0.717) is 5.56 Å². The fraction of sp³-hybridized carbons (Fsp3) is 0.667. The summed E-state index contributed by atoms with van der Waals surface area (Å²) >= 11 is 0. The maximum Gasteiger partial charge on any atom is 0.330 e. The second kappa shape index (κ2) is 6.29. The van der Waals surface area contributed by atoms with Gasteiger partial charge in [0.25, 0.3) is 5.56 Å². The molecule has 2 heterocycles. The lowest BCUT2D eigenvalue weighted by Gasteiger charge is -2.22. The van der Waals surface area contributed by atoms with Gasteiger partial charge < -0.3 is 15.2 Å². The number of aryl methyl sites for hydroxylation is 1. The number of nitrogens with one attached hydrogen (secondary N) is 2. The first-order chi connectivity index (χ1) is 10.6. The lowest BCUT2D eigenvalue weighted by Crippen LogP contribution is -2.42. The minimum absolute atomic E-state index is 0.00597. The molecule has 1 aromatic heterocycles. The predicted octanol–water partition coefficient (Wildman–Crippen LogP) is -0.202. The molecule has 1 aliphatic heterocycles. The molecule has 2 rings (SSSR count). The third kappa shape index (κ3) is 4.29. The molecule has 3 atom stereocenters. The molecule has 0 saturated carbocycles. The van der Waals surface area contributed by atoms with Gasteiger partial charge in [-0.05, 0) is 27.7 Å². The average Bonchev–Trinajstić information content (AvgIpc) is 2.72. The Labute approximate surface area is 133 Å². The van der Waals surface area contributed by atoms with Gasteiger partial charge in [0.2, 0.25) is 5.91 Å². The van der Waals surface area contributed by atoms with Gasteiger partial charge in [0.15, 0.2) is 0 Å². The van der Waals surface area contributed by atoms with E-state index in [1.807, 2.05) is 20.8 Å². The Kier molecular flexibility index (Phi) is 4.76. The smallest absolute Gasteiger partial charge is 0.330 e. The number of ether oxygens (including phenoxy) is 1. The highest BCUT2D eigenvalue weighted by Gasteiger charge is 2.37. The number of hydrogen-bond acceptors (Lipinski definition) is 5. The summed E-state index contributed by atoms with van der Waals surface area (Å²) in [7, 11) is 0. The van der Waals surface area contributed by atoms with Crippen LogP contribution in [0.15, 0.2) is 15.8 Å². The molecule has 8 nitrogen and oxygen atoms in total. The maximum absolute atomic E-state index is 12.0. The van der Waals surface area contributed by atoms with Gasteiger partial charge in [-0.15, -0.1) is 0 Å². The lowest BCUT2D eigenvalue weighted by molar-refractivity contribution is -0.127. The molecule has 1 unspecified atom stereocenters. The van der Waals surface area contributed by atoms with E-state index in [1.54, 1.807) is 6.92 Å². The molecule has 3 N–H and O–H groups in total. The Hall–Kier alpha value is -1.93. The molecule has 128 valence electrons. The summed E-state index contributed by atoms with van der Waals surface area (Å²) in [5.41, 5.74) is -1.05. The Morgan fingerprint density at radius 2 is 2.13 bits per heavy atom. The number of H-pyrrole nitrogens is 1. The first-order valence-electron chi connectivity index (χ1n) is 7.53. The van der Waals surface area contributed by atoms with E-state index in [-0.39, 0.29) is 24.3 Å². The van der Waals surface area contributed by atoms with E-state index < -0.39 is 29.7 Å². The van der Waals surface area contributed by atoms with Crippen LogP contribution in [0.3, 0.4) is 0 Å². The summed E-state index contributed by atoms with van der Waals surface area (Å²) in [6.45, 7) is 7.17. The molecule has 23 heavy (non-hydrogen) atoms. The molecule has 0 spiro atoms. The van der Waals surface area contributed by atoms with Gasteiger partial charge in [0, 0.05) is 23.7 Å². The van der Waals surface area contributed by atoms with Gasteiger partial charge in [-0.3, -0.25) is 19.1 Å². The maximum atomic E-state index is 12.0. The summed E-state index contributed by atoms with van der Waals surface area (Å²) in [6.07, 6.45) is -0.673. The number of carbonyl (C=O) groups excluding carboxylic acids is 1. The fourth-order valence-corrected chi connectivity index (χ4v) is 2.52. The Bertz CT molecular complexity index is 700. The Morgan fingerprint density at radius 3 is 2.74 bits per heavy atom. The molecule has 0 aromatic carbocycles. The third-order valence-electron chi connectivity index (χ3n) is 3.56. The van der Waals surface area contributed by atoms with Gasteiger partial charge in [-0.2, -0.15) is 0 Å². The number of nitrogens with zero attached hydrogens (tertiary/aromatic N) is 1. The molecule has 1 aromatic rings. The number of aromatic nitrogens is 2. The zero-order valence-corrected chi connectivity index (χ0v) is 13.8. The second-order valence-electron chi connectivity index (χ2n) is 6.91. The molecular formula is C15H23N3O5. The van der Waals surface area contributed by atoms with E-state index in [1.165, 1.54) is 10.8 Å². The van der Waals surface area contributed by atoms with Gasteiger partial charge >= 0.3 is 5.69 Å². The highest BCUT2D eigenvalue weighted by molar-refractivity contribution is 5.77. The van der Waals surface area contributed by atoms with E-state index in [4.69, 9.17) is 4.74 Å². The van der Waals surface area contributed by atoms with Crippen molar-refractivity contribution in [2.75, 3.05) is 0 Å². The van der Waals surface area contributed by atoms with E-state index >= 15 is 0 Å². The zero-order chi connectivity index (χ0) is 17.4. The predicted molar refractivity (Wildman–Crippen MR) is 83.1 cm³/mol. The minimum atomic E-state index is -0.857. The number of hydrogen-bond donors (Lipinski definition) is 3. The Balaban J connectivity index is 2.10. The topological polar surface area (TPSA) is 113 Å². The highest BCUT2D eigenvalue weighted by Crippen LogP contribution is 2.29. The number of aliphatic hydroxyl groups excluding tert-OH is 1. The summed E-state index contributed by atoms with van der Waals surface area (Å²) in [5.74, 6) is -0.229. The summed E-state index contributed by atoms with van der Waals surface area (Å²) in [5, 5.41) is 12.9. The number of amides is 1. The standard InChI is InChI=1S/C15H23N3O5/c1-8-7-18(14(22)16-13(8)21)12-5-9(19)10(23-12)6-11(20)17-15(2,3)4/h7,9-10,12,19H,5-6H2,1-4H3,(H,17,20)(H,16,21,22)/t9?,10-,12-/m1/s1. The van der Waals surface area contributed by atoms with Crippen molar-refractivity contribution in [2.45, 2.75) is 64.5 Å². The van der Waals surface area contributed by atoms with Crippen LogP contribution in [0, 0.1) is 6.92 Å². The van der Waals surface area contributed by atoms with Crippen molar-refractivity contribution in [2.24, 2.45) is 0 Å². The number of rotatable bonds is 3. The molecule has 1 saturated heterocycles. The zero-order valence-electron chi connectivity index (χ0n) is 13.8. The molecule has 1 fully saturated rings. The van der Waals surface area contributed by atoms with Crippen LogP contribution in [0.5, 0.6) is 0 Å². The number of carbonyl (C=O) groups is 1. The van der Waals surface area contributed by atoms with Crippen LogP contribution in [0.1, 0.15) is 45.4 Å². The SMILES string of the molecule is Cc1cn([C@H]2CC(O)[C@@H](CC(=O)NC(C)(C)C)O2)c(=O)[nH]c1=O. The van der Waals surface area contributed by atoms with Crippen molar-refractivity contribution < 1.29 is 14.6 Å². The summed E-state index contributed by atoms with van der Waals surface area (Å²) in [6, 6.07) is 0. The first-order valence-corrected chi connectivity index (χ1v) is 7.53. The van der Waals surface area contributed by atoms with Crippen molar-refractivity contribution >= 4 is 5.91 Å². The third-order valence-corrected chi connectivity index (χ3v) is 3.56. The van der Waals surface area contributed by atoms with Crippen LogP contribution >= 0.6 is 0 Å².